The summed E-state index contributed by atoms with van der Waals surface area (Å²) in [7, 11) is 0. The van der Waals surface area contributed by atoms with Crippen molar-refractivity contribution in [3.05, 3.63) is 75.0 Å². The average Bonchev–Trinajstić information content (AvgIpc) is 2.72. The van der Waals surface area contributed by atoms with Crippen LogP contribution in [0, 0.1) is 14.3 Å². The Bertz CT molecular complexity index is 976. The number of carbonyl (C=O) groups excluding carboxylic acids is 1. The lowest BCUT2D eigenvalue weighted by Gasteiger charge is -2.10. The third-order valence-electron chi connectivity index (χ3n) is 3.50. The van der Waals surface area contributed by atoms with Crippen molar-refractivity contribution in [2.75, 3.05) is 13.2 Å². The molecule has 0 aliphatic heterocycles. The molecular weight excluding hydrogens is 864 g/mol. The van der Waals surface area contributed by atoms with Crippen molar-refractivity contribution >= 4 is 109 Å². The van der Waals surface area contributed by atoms with Gasteiger partial charge in [-0.1, -0.05) is 25.3 Å². The smallest absolute Gasteiger partial charge is 0.355 e. The van der Waals surface area contributed by atoms with E-state index in [1.165, 1.54) is 12.4 Å². The van der Waals surface area contributed by atoms with Crippen LogP contribution >= 0.6 is 90.4 Å². The van der Waals surface area contributed by atoms with Gasteiger partial charge in [0.05, 0.1) is 19.6 Å². The second kappa shape index (κ2) is 14.3. The maximum Gasteiger partial charge on any atom is 0.355 e. The summed E-state index contributed by atoms with van der Waals surface area (Å²) >= 11 is 8.81. The SMILES string of the molecule is C=CCOc1c(I)cc(I)cc1/C=N\NC(=O)N/N=C/c1cc(I)cc(I)c1OCC=C. The standard InChI is InChI=1S/C21H18I4N4O3/c1-3-5-31-19-13(7-15(22)9-17(19)24)11-26-28-21(30)29-27-12-14-8-16(23)10-18(25)20(14)32-6-4-2/h3-4,7-12H,1-2,5-6H2,(H2,28,29,30)/b26-11-,27-12+. The number of ether oxygens (including phenoxy) is 2. The van der Waals surface area contributed by atoms with Crippen molar-refractivity contribution in [3.8, 4) is 11.5 Å². The van der Waals surface area contributed by atoms with Gasteiger partial charge in [0.15, 0.2) is 0 Å². The predicted octanol–water partition coefficient (Wildman–Crippen LogP) is 5.90. The fourth-order valence-electron chi connectivity index (χ4n) is 2.29. The van der Waals surface area contributed by atoms with Gasteiger partial charge in [-0.2, -0.15) is 10.2 Å². The van der Waals surface area contributed by atoms with E-state index in [1.54, 1.807) is 12.2 Å². The molecule has 0 unspecified atom stereocenters. The van der Waals surface area contributed by atoms with Gasteiger partial charge in [-0.05, 0) is 115 Å². The molecule has 2 rings (SSSR count). The van der Waals surface area contributed by atoms with Crippen molar-refractivity contribution in [1.82, 2.24) is 10.9 Å². The number of benzene rings is 2. The van der Waals surface area contributed by atoms with E-state index in [0.717, 1.165) is 25.4 Å². The number of nitrogens with one attached hydrogen (secondary N) is 2. The molecule has 0 bridgehead atoms. The van der Waals surface area contributed by atoms with Crippen LogP contribution in [0.4, 0.5) is 4.79 Å². The van der Waals surface area contributed by atoms with Gasteiger partial charge in [0.1, 0.15) is 24.7 Å². The molecule has 0 saturated heterocycles. The highest BCUT2D eigenvalue weighted by atomic mass is 127. The highest BCUT2D eigenvalue weighted by molar-refractivity contribution is 14.1. The van der Waals surface area contributed by atoms with Crippen molar-refractivity contribution in [2.24, 2.45) is 10.2 Å². The second-order valence-corrected chi connectivity index (χ2v) is 10.7. The zero-order chi connectivity index (χ0) is 23.5. The van der Waals surface area contributed by atoms with Gasteiger partial charge < -0.3 is 9.47 Å². The molecule has 2 amide bonds. The Kier molecular flexibility index (Phi) is 12.2. The molecule has 2 aromatic carbocycles. The van der Waals surface area contributed by atoms with Crippen molar-refractivity contribution in [1.29, 1.82) is 0 Å². The molecule has 0 fully saturated rings. The molecule has 32 heavy (non-hydrogen) atoms. The van der Waals surface area contributed by atoms with E-state index in [-0.39, 0.29) is 0 Å². The average molecular weight is 882 g/mol. The van der Waals surface area contributed by atoms with E-state index in [0.29, 0.717) is 24.7 Å². The van der Waals surface area contributed by atoms with Gasteiger partial charge in [0, 0.05) is 18.3 Å². The lowest BCUT2D eigenvalue weighted by Crippen LogP contribution is -2.28. The highest BCUT2D eigenvalue weighted by Gasteiger charge is 2.10. The quantitative estimate of drug-likeness (QED) is 0.135. The Hall–Kier alpha value is -0.950. The second-order valence-electron chi connectivity index (χ2n) is 5.88. The van der Waals surface area contributed by atoms with Crippen LogP contribution in [0.1, 0.15) is 11.1 Å². The Morgan fingerprint density at radius 1 is 0.812 bits per heavy atom. The highest BCUT2D eigenvalue weighted by Crippen LogP contribution is 2.28. The Labute approximate surface area is 241 Å². The summed E-state index contributed by atoms with van der Waals surface area (Å²) in [6.45, 7) is 8.07. The largest absolute Gasteiger partial charge is 0.488 e. The van der Waals surface area contributed by atoms with Gasteiger partial charge in [0.2, 0.25) is 0 Å². The van der Waals surface area contributed by atoms with E-state index >= 15 is 0 Å². The molecule has 0 spiro atoms. The zero-order valence-corrected chi connectivity index (χ0v) is 25.2. The summed E-state index contributed by atoms with van der Waals surface area (Å²) in [5.41, 5.74) is 6.26. The number of urea groups is 1. The van der Waals surface area contributed by atoms with Gasteiger partial charge in [-0.3, -0.25) is 0 Å². The number of hydrogen-bond acceptors (Lipinski definition) is 5. The van der Waals surface area contributed by atoms with Crippen molar-refractivity contribution < 1.29 is 14.3 Å². The first kappa shape index (κ1) is 27.3. The molecule has 0 radical (unpaired) electrons. The fraction of sp³-hybridized carbons (Fsp3) is 0.0952. The minimum absolute atomic E-state index is 0.371. The molecule has 0 aromatic heterocycles. The maximum absolute atomic E-state index is 12.1. The summed E-state index contributed by atoms with van der Waals surface area (Å²) in [5.74, 6) is 1.35. The minimum Gasteiger partial charge on any atom is -0.488 e. The number of hydrazone groups is 2. The predicted molar refractivity (Wildman–Crippen MR) is 162 cm³/mol. The van der Waals surface area contributed by atoms with Crippen LogP contribution < -0.4 is 20.3 Å². The van der Waals surface area contributed by atoms with E-state index in [4.69, 9.17) is 9.47 Å². The lowest BCUT2D eigenvalue weighted by atomic mass is 10.2. The summed E-state index contributed by atoms with van der Waals surface area (Å²) in [6, 6.07) is 7.22. The van der Waals surface area contributed by atoms with Gasteiger partial charge in [0.25, 0.3) is 0 Å². The third-order valence-corrected chi connectivity index (χ3v) is 6.35. The molecular formula is C21H18I4N4O3. The molecule has 7 nitrogen and oxygen atoms in total. The molecule has 0 atom stereocenters. The van der Waals surface area contributed by atoms with Gasteiger partial charge in [-0.15, -0.1) is 0 Å². The molecule has 0 saturated carbocycles. The van der Waals surface area contributed by atoms with Crippen LogP contribution in [0.15, 0.2) is 59.8 Å². The first-order valence-electron chi connectivity index (χ1n) is 8.93. The van der Waals surface area contributed by atoms with E-state index in [9.17, 15) is 4.79 Å². The molecule has 11 heteroatoms. The Balaban J connectivity index is 2.04. The minimum atomic E-state index is -0.583. The molecule has 0 aliphatic carbocycles. The van der Waals surface area contributed by atoms with E-state index in [1.807, 2.05) is 24.3 Å². The number of halogens is 4. The normalized spacial score (nSPS) is 10.9. The Morgan fingerprint density at radius 3 is 1.59 bits per heavy atom. The summed E-state index contributed by atoms with van der Waals surface area (Å²) in [6.07, 6.45) is 6.38. The van der Waals surface area contributed by atoms with Crippen LogP contribution in [-0.2, 0) is 0 Å². The van der Waals surface area contributed by atoms with Crippen LogP contribution in [0.2, 0.25) is 0 Å². The summed E-state index contributed by atoms with van der Waals surface area (Å²) in [5, 5.41) is 7.99. The lowest BCUT2D eigenvalue weighted by molar-refractivity contribution is 0.242. The van der Waals surface area contributed by atoms with Crippen molar-refractivity contribution in [3.63, 3.8) is 0 Å². The number of nitrogens with zero attached hydrogens (tertiary/aromatic N) is 2. The molecule has 2 aromatic rings. The number of amides is 2. The molecule has 0 heterocycles. The van der Waals surface area contributed by atoms with Gasteiger partial charge >= 0.3 is 6.03 Å². The van der Waals surface area contributed by atoms with Crippen LogP contribution in [0.25, 0.3) is 0 Å². The third kappa shape index (κ3) is 8.77. The zero-order valence-electron chi connectivity index (χ0n) is 16.6. The summed E-state index contributed by atoms with van der Waals surface area (Å²) < 4.78 is 15.3. The summed E-state index contributed by atoms with van der Waals surface area (Å²) in [4.78, 5) is 12.1. The fourth-order valence-corrected chi connectivity index (χ4v) is 6.38. The first-order chi connectivity index (χ1) is 15.3. The number of hydrogen-bond donors (Lipinski definition) is 2. The molecule has 2 N–H and O–H groups in total. The van der Waals surface area contributed by atoms with E-state index < -0.39 is 6.03 Å². The van der Waals surface area contributed by atoms with Crippen LogP contribution in [0.3, 0.4) is 0 Å². The van der Waals surface area contributed by atoms with Crippen molar-refractivity contribution in [2.45, 2.75) is 0 Å². The van der Waals surface area contributed by atoms with Crippen LogP contribution in [0.5, 0.6) is 11.5 Å². The first-order valence-corrected chi connectivity index (χ1v) is 13.2. The van der Waals surface area contributed by atoms with Gasteiger partial charge in [-0.25, -0.2) is 15.6 Å². The maximum atomic E-state index is 12.1. The monoisotopic (exact) mass is 882 g/mol. The Morgan fingerprint density at radius 2 is 1.22 bits per heavy atom. The van der Waals surface area contributed by atoms with E-state index in [2.05, 4.69) is 125 Å². The molecule has 168 valence electrons. The molecule has 0 aliphatic rings. The van der Waals surface area contributed by atoms with Crippen LogP contribution in [-0.4, -0.2) is 31.7 Å². The number of rotatable bonds is 10. The number of carbonyl (C=O) groups is 1. The topological polar surface area (TPSA) is 84.3 Å².